The van der Waals surface area contributed by atoms with Crippen LogP contribution in [0.25, 0.3) is 0 Å². The number of hydrogen-bond donors (Lipinski definition) is 1. The molecule has 2 heterocycles. The maximum absolute atomic E-state index is 11.3. The van der Waals surface area contributed by atoms with Gasteiger partial charge in [0.25, 0.3) is 0 Å². The third kappa shape index (κ3) is 2.53. The largest absolute Gasteiger partial charge is 0.477 e. The van der Waals surface area contributed by atoms with E-state index in [9.17, 15) is 13.8 Å². The molecule has 1 N–H and O–H groups in total. The van der Waals surface area contributed by atoms with Gasteiger partial charge in [0.15, 0.2) is 5.78 Å². The van der Waals surface area contributed by atoms with Gasteiger partial charge in [0.2, 0.25) is 0 Å². The van der Waals surface area contributed by atoms with Crippen LogP contribution in [-0.4, -0.2) is 37.1 Å². The van der Waals surface area contributed by atoms with Crippen LogP contribution in [0.4, 0.5) is 0 Å². The van der Waals surface area contributed by atoms with Crippen LogP contribution < -0.4 is 0 Å². The number of ketones is 1. The summed E-state index contributed by atoms with van der Waals surface area (Å²) in [5.74, 6) is 0.0130. The fourth-order valence-electron chi connectivity index (χ4n) is 2.20. The molecule has 1 aliphatic heterocycles. The molecule has 0 radical (unpaired) electrons. The van der Waals surface area contributed by atoms with Gasteiger partial charge >= 0.3 is 5.97 Å². The summed E-state index contributed by atoms with van der Waals surface area (Å²) in [7, 11) is -0.782. The Morgan fingerprint density at radius 2 is 2.00 bits per heavy atom. The van der Waals surface area contributed by atoms with Crippen LogP contribution >= 0.6 is 0 Å². The molecule has 98 valence electrons. The molecule has 0 spiro atoms. The molecule has 0 saturated carbocycles. The zero-order valence-corrected chi connectivity index (χ0v) is 10.9. The van der Waals surface area contributed by atoms with E-state index >= 15 is 0 Å². The SMILES string of the molecule is CC(=O)c1cc(C(=O)O)n(C2CCS(=O)CC2)c1. The van der Waals surface area contributed by atoms with Gasteiger partial charge in [-0.1, -0.05) is 0 Å². The lowest BCUT2D eigenvalue weighted by Crippen LogP contribution is -2.23. The van der Waals surface area contributed by atoms with Gasteiger partial charge < -0.3 is 9.67 Å². The highest BCUT2D eigenvalue weighted by Gasteiger charge is 2.24. The number of aromatic carboxylic acids is 1. The Kier molecular flexibility index (Phi) is 3.65. The monoisotopic (exact) mass is 269 g/mol. The molecule has 1 aromatic heterocycles. The van der Waals surface area contributed by atoms with Gasteiger partial charge in [-0.2, -0.15) is 0 Å². The first kappa shape index (κ1) is 13.0. The molecule has 0 aromatic carbocycles. The lowest BCUT2D eigenvalue weighted by molar-refractivity contribution is 0.0682. The second kappa shape index (κ2) is 5.06. The minimum Gasteiger partial charge on any atom is -0.477 e. The van der Waals surface area contributed by atoms with E-state index in [1.807, 2.05) is 0 Å². The fourth-order valence-corrected chi connectivity index (χ4v) is 3.48. The Labute approximate surface area is 107 Å². The lowest BCUT2D eigenvalue weighted by atomic mass is 10.1. The number of rotatable bonds is 3. The first-order chi connectivity index (χ1) is 8.49. The molecule has 0 aliphatic carbocycles. The van der Waals surface area contributed by atoms with Crippen LogP contribution in [0.2, 0.25) is 0 Å². The van der Waals surface area contributed by atoms with Gasteiger partial charge in [-0.05, 0) is 25.8 Å². The van der Waals surface area contributed by atoms with Gasteiger partial charge in [-0.25, -0.2) is 4.79 Å². The topological polar surface area (TPSA) is 76.4 Å². The molecule has 1 aliphatic rings. The zero-order chi connectivity index (χ0) is 13.3. The Balaban J connectivity index is 2.33. The molecule has 0 amide bonds. The number of carbonyl (C=O) groups is 2. The van der Waals surface area contributed by atoms with E-state index in [-0.39, 0.29) is 17.5 Å². The number of aromatic nitrogens is 1. The van der Waals surface area contributed by atoms with E-state index < -0.39 is 16.8 Å². The molecule has 5 nitrogen and oxygen atoms in total. The molecular formula is C12H15NO4S. The standard InChI is InChI=1S/C12H15NO4S/c1-8(14)9-6-11(12(15)16)13(7-9)10-2-4-18(17)5-3-10/h6-7,10H,2-5H2,1H3,(H,15,16). The smallest absolute Gasteiger partial charge is 0.352 e. The first-order valence-electron chi connectivity index (χ1n) is 5.80. The van der Waals surface area contributed by atoms with E-state index in [2.05, 4.69) is 0 Å². The molecule has 6 heteroatoms. The Morgan fingerprint density at radius 1 is 1.39 bits per heavy atom. The molecule has 1 fully saturated rings. The summed E-state index contributed by atoms with van der Waals surface area (Å²) in [6, 6.07) is 1.44. The van der Waals surface area contributed by atoms with E-state index in [4.69, 9.17) is 5.11 Å². The maximum atomic E-state index is 11.3. The van der Waals surface area contributed by atoms with Crippen LogP contribution in [0.3, 0.4) is 0 Å². The maximum Gasteiger partial charge on any atom is 0.352 e. The van der Waals surface area contributed by atoms with E-state index in [0.29, 0.717) is 29.9 Å². The minimum atomic E-state index is -1.03. The predicted molar refractivity (Wildman–Crippen MR) is 67.5 cm³/mol. The van der Waals surface area contributed by atoms with Crippen molar-refractivity contribution in [1.29, 1.82) is 0 Å². The van der Waals surface area contributed by atoms with Crippen LogP contribution in [0.15, 0.2) is 12.3 Å². The van der Waals surface area contributed by atoms with Gasteiger partial charge in [-0.15, -0.1) is 0 Å². The van der Waals surface area contributed by atoms with Crippen molar-refractivity contribution in [3.8, 4) is 0 Å². The van der Waals surface area contributed by atoms with Crippen LogP contribution in [0, 0.1) is 0 Å². The molecule has 2 rings (SSSR count). The Bertz CT molecular complexity index is 510. The van der Waals surface area contributed by atoms with Crippen molar-refractivity contribution in [3.63, 3.8) is 0 Å². The number of Topliss-reactive ketones (excluding diaryl/α,β-unsaturated/α-hetero) is 1. The summed E-state index contributed by atoms with van der Waals surface area (Å²) >= 11 is 0. The van der Waals surface area contributed by atoms with Crippen LogP contribution in [0.5, 0.6) is 0 Å². The van der Waals surface area contributed by atoms with E-state index in [0.717, 1.165) is 0 Å². The van der Waals surface area contributed by atoms with Gasteiger partial charge in [0.1, 0.15) is 5.69 Å². The molecule has 0 atom stereocenters. The predicted octanol–water partition coefficient (Wildman–Crippen LogP) is 1.47. The highest BCUT2D eigenvalue weighted by atomic mass is 32.2. The molecule has 0 unspecified atom stereocenters. The summed E-state index contributed by atoms with van der Waals surface area (Å²) in [5, 5.41) is 9.15. The van der Waals surface area contributed by atoms with Crippen molar-refractivity contribution in [2.75, 3.05) is 11.5 Å². The van der Waals surface area contributed by atoms with Crippen molar-refractivity contribution in [2.45, 2.75) is 25.8 Å². The zero-order valence-electron chi connectivity index (χ0n) is 10.1. The van der Waals surface area contributed by atoms with Crippen LogP contribution in [-0.2, 0) is 10.8 Å². The quantitative estimate of drug-likeness (QED) is 0.843. The lowest BCUT2D eigenvalue weighted by Gasteiger charge is -2.24. The van der Waals surface area contributed by atoms with Gasteiger partial charge in [0.05, 0.1) is 0 Å². The van der Waals surface area contributed by atoms with Crippen molar-refractivity contribution < 1.29 is 18.9 Å². The summed E-state index contributed by atoms with van der Waals surface area (Å²) in [6.07, 6.45) is 2.99. The second-order valence-corrected chi connectivity index (χ2v) is 6.16. The average Bonchev–Trinajstić information content (AvgIpc) is 2.75. The van der Waals surface area contributed by atoms with Gasteiger partial charge in [0, 0.05) is 40.1 Å². The average molecular weight is 269 g/mol. The summed E-state index contributed by atoms with van der Waals surface area (Å²) in [6.45, 7) is 1.42. The molecule has 1 saturated heterocycles. The Hall–Kier alpha value is -1.43. The summed E-state index contributed by atoms with van der Waals surface area (Å²) in [5.41, 5.74) is 0.553. The highest BCUT2D eigenvalue weighted by Crippen LogP contribution is 2.25. The highest BCUT2D eigenvalue weighted by molar-refractivity contribution is 7.85. The Morgan fingerprint density at radius 3 is 2.50 bits per heavy atom. The number of carboxylic acid groups (broad SMARTS) is 1. The third-order valence-electron chi connectivity index (χ3n) is 3.23. The first-order valence-corrected chi connectivity index (χ1v) is 7.29. The van der Waals surface area contributed by atoms with Gasteiger partial charge in [-0.3, -0.25) is 9.00 Å². The molecule has 0 bridgehead atoms. The number of carboxylic acids is 1. The van der Waals surface area contributed by atoms with E-state index in [1.54, 1.807) is 10.8 Å². The number of hydrogen-bond acceptors (Lipinski definition) is 3. The summed E-state index contributed by atoms with van der Waals surface area (Å²) in [4.78, 5) is 22.5. The normalized spacial score (nSPS) is 23.8. The van der Waals surface area contributed by atoms with Crippen LogP contribution in [0.1, 0.15) is 46.7 Å². The van der Waals surface area contributed by atoms with Crippen molar-refractivity contribution in [1.82, 2.24) is 4.57 Å². The van der Waals surface area contributed by atoms with Crippen molar-refractivity contribution >= 4 is 22.6 Å². The van der Waals surface area contributed by atoms with E-state index in [1.165, 1.54) is 13.0 Å². The van der Waals surface area contributed by atoms with Crippen molar-refractivity contribution in [2.24, 2.45) is 0 Å². The number of carbonyl (C=O) groups excluding carboxylic acids is 1. The molecule has 1 aromatic rings. The third-order valence-corrected chi connectivity index (χ3v) is 4.61. The second-order valence-electron chi connectivity index (χ2n) is 4.46. The number of nitrogens with zero attached hydrogens (tertiary/aromatic N) is 1. The fraction of sp³-hybridized carbons (Fsp3) is 0.500. The summed E-state index contributed by atoms with van der Waals surface area (Å²) < 4.78 is 13.0. The minimum absolute atomic E-state index is 0.0295. The molecular weight excluding hydrogens is 254 g/mol. The molecule has 18 heavy (non-hydrogen) atoms. The van der Waals surface area contributed by atoms with Crippen molar-refractivity contribution in [3.05, 3.63) is 23.5 Å².